The number of nitrogens with zero attached hydrogens (tertiary/aromatic N) is 2. The highest BCUT2D eigenvalue weighted by atomic mass is 35.5. The number of aryl methyl sites for hydroxylation is 1. The second-order valence-corrected chi connectivity index (χ2v) is 5.29. The van der Waals surface area contributed by atoms with Gasteiger partial charge >= 0.3 is 0 Å². The molecule has 2 aromatic rings. The molecule has 4 nitrogen and oxygen atoms in total. The lowest BCUT2D eigenvalue weighted by Gasteiger charge is -2.11. The van der Waals surface area contributed by atoms with E-state index in [4.69, 9.17) is 27.9 Å². The molecule has 108 valence electrons. The van der Waals surface area contributed by atoms with Crippen molar-refractivity contribution >= 4 is 29.2 Å². The summed E-state index contributed by atoms with van der Waals surface area (Å²) in [4.78, 5) is 4.47. The number of benzene rings is 1. The van der Waals surface area contributed by atoms with E-state index in [-0.39, 0.29) is 0 Å². The van der Waals surface area contributed by atoms with Crippen LogP contribution in [0.15, 0.2) is 24.4 Å². The smallest absolute Gasteiger partial charge is 0.207 e. The maximum atomic E-state index is 6.25. The van der Waals surface area contributed by atoms with E-state index in [1.165, 1.54) is 0 Å². The number of hydrogen-bond acceptors (Lipinski definition) is 3. The Hall–Kier alpha value is -1.23. The van der Waals surface area contributed by atoms with Gasteiger partial charge in [-0.3, -0.25) is 4.57 Å². The Morgan fingerprint density at radius 3 is 2.85 bits per heavy atom. The predicted octanol–water partition coefficient (Wildman–Crippen LogP) is 3.94. The average molecular weight is 314 g/mol. The van der Waals surface area contributed by atoms with E-state index in [1.807, 2.05) is 29.8 Å². The number of halogens is 2. The Morgan fingerprint density at radius 2 is 2.15 bits per heavy atom. The fourth-order valence-electron chi connectivity index (χ4n) is 1.90. The van der Waals surface area contributed by atoms with Gasteiger partial charge in [0.1, 0.15) is 0 Å². The topological polar surface area (TPSA) is 39.1 Å². The maximum Gasteiger partial charge on any atom is 0.207 e. The van der Waals surface area contributed by atoms with Crippen LogP contribution in [0.3, 0.4) is 0 Å². The van der Waals surface area contributed by atoms with Gasteiger partial charge in [0, 0.05) is 31.5 Å². The van der Waals surface area contributed by atoms with Crippen LogP contribution in [0.5, 0.6) is 0 Å². The van der Waals surface area contributed by atoms with Crippen LogP contribution in [-0.2, 0) is 4.74 Å². The number of rotatable bonds is 6. The zero-order valence-corrected chi connectivity index (χ0v) is 13.0. The van der Waals surface area contributed by atoms with E-state index >= 15 is 0 Å². The second kappa shape index (κ2) is 6.97. The highest BCUT2D eigenvalue weighted by Gasteiger charge is 2.10. The van der Waals surface area contributed by atoms with E-state index < -0.39 is 0 Å². The van der Waals surface area contributed by atoms with Crippen molar-refractivity contribution in [3.05, 3.63) is 40.1 Å². The minimum Gasteiger partial charge on any atom is -0.385 e. The molecule has 0 fully saturated rings. The molecule has 0 spiro atoms. The van der Waals surface area contributed by atoms with Crippen molar-refractivity contribution in [2.75, 3.05) is 25.6 Å². The molecule has 1 heterocycles. The Labute approximate surface area is 128 Å². The molecule has 20 heavy (non-hydrogen) atoms. The summed E-state index contributed by atoms with van der Waals surface area (Å²) in [7, 11) is 1.69. The summed E-state index contributed by atoms with van der Waals surface area (Å²) >= 11 is 12.2. The summed E-state index contributed by atoms with van der Waals surface area (Å²) in [5.74, 6) is 0.767. The summed E-state index contributed by atoms with van der Waals surface area (Å²) < 4.78 is 6.96. The van der Waals surface area contributed by atoms with Gasteiger partial charge in [0.25, 0.3) is 0 Å². The number of imidazole rings is 1. The fourth-order valence-corrected chi connectivity index (χ4v) is 2.40. The summed E-state index contributed by atoms with van der Waals surface area (Å²) in [6.07, 6.45) is 2.85. The van der Waals surface area contributed by atoms with Gasteiger partial charge in [-0.25, -0.2) is 4.98 Å². The van der Waals surface area contributed by atoms with Gasteiger partial charge in [-0.05, 0) is 31.5 Å². The van der Waals surface area contributed by atoms with Crippen LogP contribution >= 0.6 is 23.2 Å². The molecule has 0 amide bonds. The number of ether oxygens (including phenoxy) is 1. The molecule has 0 aliphatic carbocycles. The van der Waals surface area contributed by atoms with Crippen molar-refractivity contribution in [3.63, 3.8) is 0 Å². The number of nitrogens with one attached hydrogen (secondary N) is 1. The van der Waals surface area contributed by atoms with Gasteiger partial charge in [0.15, 0.2) is 0 Å². The Morgan fingerprint density at radius 1 is 1.35 bits per heavy atom. The van der Waals surface area contributed by atoms with Crippen molar-refractivity contribution in [2.45, 2.75) is 13.3 Å². The molecular formula is C14H17Cl2N3O. The van der Waals surface area contributed by atoms with Crippen molar-refractivity contribution in [3.8, 4) is 5.69 Å². The molecule has 0 saturated carbocycles. The minimum absolute atomic E-state index is 0.592. The minimum atomic E-state index is 0.592. The van der Waals surface area contributed by atoms with Crippen LogP contribution in [-0.4, -0.2) is 29.8 Å². The molecular weight excluding hydrogens is 297 g/mol. The molecule has 0 aliphatic heterocycles. The zero-order valence-electron chi connectivity index (χ0n) is 11.5. The lowest BCUT2D eigenvalue weighted by molar-refractivity contribution is 0.197. The molecule has 2 rings (SSSR count). The van der Waals surface area contributed by atoms with Crippen LogP contribution in [0.1, 0.15) is 12.1 Å². The molecule has 0 radical (unpaired) electrons. The summed E-state index contributed by atoms with van der Waals surface area (Å²) in [6, 6.07) is 5.42. The first-order valence-corrected chi connectivity index (χ1v) is 7.11. The molecule has 6 heteroatoms. The Kier molecular flexibility index (Phi) is 5.29. The van der Waals surface area contributed by atoms with Crippen LogP contribution in [0.4, 0.5) is 5.95 Å². The summed E-state index contributed by atoms with van der Waals surface area (Å²) in [5.41, 5.74) is 1.77. The molecule has 0 saturated heterocycles. The SMILES string of the molecule is COCCCNc1nc(C)cn1-c1ccc(Cl)cc1Cl. The van der Waals surface area contributed by atoms with E-state index in [1.54, 1.807) is 13.2 Å². The summed E-state index contributed by atoms with van der Waals surface area (Å²) in [6.45, 7) is 3.45. The van der Waals surface area contributed by atoms with Crippen molar-refractivity contribution in [1.82, 2.24) is 9.55 Å². The lowest BCUT2D eigenvalue weighted by Crippen LogP contribution is -2.09. The quantitative estimate of drug-likeness (QED) is 0.821. The van der Waals surface area contributed by atoms with Crippen molar-refractivity contribution < 1.29 is 4.74 Å². The van der Waals surface area contributed by atoms with E-state index in [0.29, 0.717) is 16.7 Å². The molecule has 1 N–H and O–H groups in total. The van der Waals surface area contributed by atoms with E-state index in [2.05, 4.69) is 10.3 Å². The largest absolute Gasteiger partial charge is 0.385 e. The van der Waals surface area contributed by atoms with Gasteiger partial charge in [0.2, 0.25) is 5.95 Å². The number of anilines is 1. The molecule has 0 unspecified atom stereocenters. The van der Waals surface area contributed by atoms with Crippen LogP contribution in [0, 0.1) is 6.92 Å². The normalized spacial score (nSPS) is 10.8. The van der Waals surface area contributed by atoms with Gasteiger partial charge in [-0.15, -0.1) is 0 Å². The predicted molar refractivity (Wildman–Crippen MR) is 83.3 cm³/mol. The standard InChI is InChI=1S/C14H17Cl2N3O/c1-10-9-19(13-5-4-11(15)8-12(13)16)14(18-10)17-6-3-7-20-2/h4-5,8-9H,3,6-7H2,1-2H3,(H,17,18). The first kappa shape index (κ1) is 15.2. The van der Waals surface area contributed by atoms with Gasteiger partial charge in [-0.1, -0.05) is 23.2 Å². The molecule has 1 aromatic heterocycles. The lowest BCUT2D eigenvalue weighted by atomic mass is 10.3. The van der Waals surface area contributed by atoms with Crippen LogP contribution in [0.2, 0.25) is 10.0 Å². The first-order valence-electron chi connectivity index (χ1n) is 6.36. The van der Waals surface area contributed by atoms with E-state index in [9.17, 15) is 0 Å². The maximum absolute atomic E-state index is 6.25. The first-order chi connectivity index (χ1) is 9.61. The molecule has 0 bridgehead atoms. The number of aromatic nitrogens is 2. The third-order valence-corrected chi connectivity index (χ3v) is 3.34. The van der Waals surface area contributed by atoms with E-state index in [0.717, 1.165) is 30.3 Å². The third kappa shape index (κ3) is 3.66. The molecule has 0 aliphatic rings. The summed E-state index contributed by atoms with van der Waals surface area (Å²) in [5, 5.41) is 4.50. The van der Waals surface area contributed by atoms with Crippen molar-refractivity contribution in [1.29, 1.82) is 0 Å². The van der Waals surface area contributed by atoms with Crippen molar-refractivity contribution in [2.24, 2.45) is 0 Å². The number of hydrogen-bond donors (Lipinski definition) is 1. The fraction of sp³-hybridized carbons (Fsp3) is 0.357. The third-order valence-electron chi connectivity index (χ3n) is 2.80. The van der Waals surface area contributed by atoms with Gasteiger partial charge in [0.05, 0.1) is 16.4 Å². The Bertz CT molecular complexity index is 584. The second-order valence-electron chi connectivity index (χ2n) is 4.44. The monoisotopic (exact) mass is 313 g/mol. The average Bonchev–Trinajstić information content (AvgIpc) is 2.76. The molecule has 1 aromatic carbocycles. The highest BCUT2D eigenvalue weighted by molar-refractivity contribution is 6.35. The van der Waals surface area contributed by atoms with Crippen LogP contribution < -0.4 is 5.32 Å². The number of methoxy groups -OCH3 is 1. The molecule has 0 atom stereocenters. The zero-order chi connectivity index (χ0) is 14.5. The highest BCUT2D eigenvalue weighted by Crippen LogP contribution is 2.27. The van der Waals surface area contributed by atoms with Gasteiger partial charge in [-0.2, -0.15) is 0 Å². The van der Waals surface area contributed by atoms with Gasteiger partial charge < -0.3 is 10.1 Å². The van der Waals surface area contributed by atoms with Crippen LogP contribution in [0.25, 0.3) is 5.69 Å². The Balaban J connectivity index is 2.22.